The van der Waals surface area contributed by atoms with Gasteiger partial charge in [-0.1, -0.05) is 24.6 Å². The molecule has 0 aliphatic rings. The van der Waals surface area contributed by atoms with Crippen molar-refractivity contribution in [3.63, 3.8) is 0 Å². The molecule has 6 nitrogen and oxygen atoms in total. The van der Waals surface area contributed by atoms with E-state index in [1.54, 1.807) is 28.8 Å². The van der Waals surface area contributed by atoms with Gasteiger partial charge in [-0.3, -0.25) is 9.12 Å². The second-order valence-electron chi connectivity index (χ2n) is 5.01. The topological polar surface area (TPSA) is 76.4 Å². The maximum absolute atomic E-state index is 12.6. The summed E-state index contributed by atoms with van der Waals surface area (Å²) in [5.74, 6) is 0.724. The maximum atomic E-state index is 12.6. The van der Waals surface area contributed by atoms with Crippen LogP contribution in [0.3, 0.4) is 0 Å². The molecule has 0 fully saturated rings. The highest BCUT2D eigenvalue weighted by molar-refractivity contribution is 7.93. The summed E-state index contributed by atoms with van der Waals surface area (Å²) in [5.41, 5.74) is 1.91. The highest BCUT2D eigenvalue weighted by Crippen LogP contribution is 2.20. The predicted octanol–water partition coefficient (Wildman–Crippen LogP) is 2.40. The first-order valence-corrected chi connectivity index (χ1v) is 8.41. The third-order valence-corrected chi connectivity index (χ3v) is 4.78. The Morgan fingerprint density at radius 3 is 2.55 bits per heavy atom. The van der Waals surface area contributed by atoms with Gasteiger partial charge in [0.05, 0.1) is 0 Å². The first kappa shape index (κ1) is 14.5. The van der Waals surface area contributed by atoms with Gasteiger partial charge >= 0.3 is 0 Å². The molecule has 7 heteroatoms. The van der Waals surface area contributed by atoms with Crippen molar-refractivity contribution >= 4 is 21.4 Å². The van der Waals surface area contributed by atoms with Gasteiger partial charge in [-0.2, -0.15) is 0 Å². The van der Waals surface area contributed by atoms with Crippen LogP contribution < -0.4 is 4.72 Å². The standard InChI is InChI=1S/C15H16N4O2S/c1-3-14-16-17-15-13(5-4-10-19(14)15)22(20,21)18-12-8-6-11(2)7-9-12/h4-10,18H,3H2,1-2H3. The van der Waals surface area contributed by atoms with Crippen LogP contribution in [0.2, 0.25) is 0 Å². The second kappa shape index (κ2) is 5.42. The summed E-state index contributed by atoms with van der Waals surface area (Å²) in [5, 5.41) is 8.03. The van der Waals surface area contributed by atoms with Crippen LogP contribution in [0.15, 0.2) is 47.5 Å². The molecule has 0 aliphatic carbocycles. The van der Waals surface area contributed by atoms with Gasteiger partial charge < -0.3 is 0 Å². The molecule has 3 rings (SSSR count). The van der Waals surface area contributed by atoms with Gasteiger partial charge in [-0.15, -0.1) is 10.2 Å². The molecule has 0 spiro atoms. The number of nitrogens with one attached hydrogen (secondary N) is 1. The number of nitrogens with zero attached hydrogens (tertiary/aromatic N) is 3. The summed E-state index contributed by atoms with van der Waals surface area (Å²) in [6, 6.07) is 10.4. The Bertz CT molecular complexity index is 914. The van der Waals surface area contributed by atoms with E-state index in [2.05, 4.69) is 14.9 Å². The highest BCUT2D eigenvalue weighted by Gasteiger charge is 2.20. The molecule has 0 amide bonds. The zero-order valence-electron chi connectivity index (χ0n) is 12.3. The van der Waals surface area contributed by atoms with Crippen molar-refractivity contribution in [2.24, 2.45) is 0 Å². The molecule has 2 heterocycles. The number of fused-ring (bicyclic) bond motifs is 1. The molecule has 0 radical (unpaired) electrons. The molecule has 1 aromatic carbocycles. The van der Waals surface area contributed by atoms with Crippen LogP contribution in [0.1, 0.15) is 18.3 Å². The fraction of sp³-hybridized carbons (Fsp3) is 0.200. The Morgan fingerprint density at radius 1 is 1.14 bits per heavy atom. The van der Waals surface area contributed by atoms with E-state index in [1.807, 2.05) is 26.0 Å². The minimum Gasteiger partial charge on any atom is -0.285 e. The summed E-state index contributed by atoms with van der Waals surface area (Å²) >= 11 is 0. The fourth-order valence-corrected chi connectivity index (χ4v) is 3.42. The van der Waals surface area contributed by atoms with Gasteiger partial charge in [0.25, 0.3) is 10.0 Å². The predicted molar refractivity (Wildman–Crippen MR) is 84.4 cm³/mol. The van der Waals surface area contributed by atoms with E-state index in [9.17, 15) is 8.42 Å². The van der Waals surface area contributed by atoms with Crippen LogP contribution in [-0.2, 0) is 16.4 Å². The molecule has 0 aliphatic heterocycles. The van der Waals surface area contributed by atoms with Crippen molar-refractivity contribution in [3.8, 4) is 0 Å². The molecular weight excluding hydrogens is 300 g/mol. The minimum atomic E-state index is -3.72. The third kappa shape index (κ3) is 2.55. The molecule has 0 saturated heterocycles. The van der Waals surface area contributed by atoms with Crippen LogP contribution in [-0.4, -0.2) is 23.0 Å². The van der Waals surface area contributed by atoms with E-state index < -0.39 is 10.0 Å². The molecule has 0 unspecified atom stereocenters. The Hall–Kier alpha value is -2.41. The molecule has 3 aromatic rings. The van der Waals surface area contributed by atoms with Gasteiger partial charge in [0, 0.05) is 18.3 Å². The second-order valence-corrected chi connectivity index (χ2v) is 6.66. The van der Waals surface area contributed by atoms with Crippen molar-refractivity contribution < 1.29 is 8.42 Å². The number of hydrogen-bond acceptors (Lipinski definition) is 4. The highest BCUT2D eigenvalue weighted by atomic mass is 32.2. The largest absolute Gasteiger partial charge is 0.285 e. The quantitative estimate of drug-likeness (QED) is 0.802. The van der Waals surface area contributed by atoms with E-state index in [4.69, 9.17) is 0 Å². The third-order valence-electron chi connectivity index (χ3n) is 3.38. The lowest BCUT2D eigenvalue weighted by atomic mass is 10.2. The van der Waals surface area contributed by atoms with E-state index in [-0.39, 0.29) is 4.90 Å². The number of hydrogen-bond donors (Lipinski definition) is 1. The van der Waals surface area contributed by atoms with Crippen molar-refractivity contribution in [2.75, 3.05) is 4.72 Å². The molecule has 114 valence electrons. The van der Waals surface area contributed by atoms with E-state index in [0.29, 0.717) is 17.8 Å². The number of anilines is 1. The van der Waals surface area contributed by atoms with Crippen molar-refractivity contribution in [3.05, 3.63) is 54.0 Å². The fourth-order valence-electron chi connectivity index (χ4n) is 2.22. The van der Waals surface area contributed by atoms with Crippen LogP contribution in [0.5, 0.6) is 0 Å². The van der Waals surface area contributed by atoms with Gasteiger partial charge in [0.1, 0.15) is 10.7 Å². The number of aromatic nitrogens is 3. The molecule has 0 atom stereocenters. The van der Waals surface area contributed by atoms with Gasteiger partial charge in [0.2, 0.25) is 0 Å². The Balaban J connectivity index is 2.05. The van der Waals surface area contributed by atoms with Crippen LogP contribution in [0.25, 0.3) is 5.65 Å². The summed E-state index contributed by atoms with van der Waals surface area (Å²) < 4.78 is 29.5. The Morgan fingerprint density at radius 2 is 1.86 bits per heavy atom. The molecule has 22 heavy (non-hydrogen) atoms. The minimum absolute atomic E-state index is 0.114. The number of sulfonamides is 1. The Labute approximate surface area is 128 Å². The zero-order valence-corrected chi connectivity index (χ0v) is 13.1. The molecule has 0 saturated carbocycles. The lowest BCUT2D eigenvalue weighted by Crippen LogP contribution is -2.14. The van der Waals surface area contributed by atoms with E-state index in [0.717, 1.165) is 11.4 Å². The van der Waals surface area contributed by atoms with Gasteiger partial charge in [0.15, 0.2) is 5.65 Å². The van der Waals surface area contributed by atoms with Gasteiger partial charge in [-0.05, 0) is 31.2 Å². The molecular formula is C15H16N4O2S. The smallest absolute Gasteiger partial charge is 0.265 e. The van der Waals surface area contributed by atoms with Crippen LogP contribution >= 0.6 is 0 Å². The number of benzene rings is 1. The summed E-state index contributed by atoms with van der Waals surface area (Å²) in [4.78, 5) is 0.114. The van der Waals surface area contributed by atoms with Crippen LogP contribution in [0, 0.1) is 6.92 Å². The molecule has 1 N–H and O–H groups in total. The molecule has 2 aromatic heterocycles. The summed E-state index contributed by atoms with van der Waals surface area (Å²) in [7, 11) is -3.72. The number of rotatable bonds is 4. The van der Waals surface area contributed by atoms with E-state index >= 15 is 0 Å². The van der Waals surface area contributed by atoms with Gasteiger partial charge in [-0.25, -0.2) is 8.42 Å². The first-order chi connectivity index (χ1) is 10.5. The maximum Gasteiger partial charge on any atom is 0.265 e. The van der Waals surface area contributed by atoms with Crippen molar-refractivity contribution in [1.82, 2.24) is 14.6 Å². The summed E-state index contributed by atoms with van der Waals surface area (Å²) in [6.07, 6.45) is 2.44. The first-order valence-electron chi connectivity index (χ1n) is 6.93. The zero-order chi connectivity index (χ0) is 15.7. The average Bonchev–Trinajstić information content (AvgIpc) is 2.92. The lowest BCUT2D eigenvalue weighted by Gasteiger charge is -2.09. The lowest BCUT2D eigenvalue weighted by molar-refractivity contribution is 0.601. The van der Waals surface area contributed by atoms with E-state index in [1.165, 1.54) is 6.07 Å². The van der Waals surface area contributed by atoms with Crippen LogP contribution in [0.4, 0.5) is 5.69 Å². The number of aryl methyl sites for hydroxylation is 2. The summed E-state index contributed by atoms with van der Waals surface area (Å²) in [6.45, 7) is 3.89. The monoisotopic (exact) mass is 316 g/mol. The Kier molecular flexibility index (Phi) is 3.58. The normalized spacial score (nSPS) is 11.7. The van der Waals surface area contributed by atoms with Crippen molar-refractivity contribution in [2.45, 2.75) is 25.2 Å². The SMILES string of the molecule is CCc1nnc2c(S(=O)(=O)Nc3ccc(C)cc3)cccn12. The molecule has 0 bridgehead atoms. The van der Waals surface area contributed by atoms with Crippen molar-refractivity contribution in [1.29, 1.82) is 0 Å². The number of pyridine rings is 1. The average molecular weight is 316 g/mol.